The maximum atomic E-state index is 12.3. The second-order valence-electron chi connectivity index (χ2n) is 5.12. The summed E-state index contributed by atoms with van der Waals surface area (Å²) in [6.07, 6.45) is 0. The quantitative estimate of drug-likeness (QED) is 0.744. The van der Waals surface area contributed by atoms with Crippen molar-refractivity contribution in [1.29, 1.82) is 0 Å². The van der Waals surface area contributed by atoms with Crippen LogP contribution in [0.15, 0.2) is 24.3 Å². The number of anilines is 1. The van der Waals surface area contributed by atoms with Crippen molar-refractivity contribution >= 4 is 17.6 Å². The standard InChI is InChI=1S/C14H16N2O4/c17-13(16-12-7-20-6-10(12)14(18)19)9-5-15-11-4-2-1-3-8(9)11/h1-4,9-10,12,15H,5-7H2,(H,16,17)(H,18,19). The van der Waals surface area contributed by atoms with E-state index in [1.807, 2.05) is 24.3 Å². The number of amides is 1. The number of hydrogen-bond donors (Lipinski definition) is 3. The number of carboxylic acid groups (broad SMARTS) is 1. The highest BCUT2D eigenvalue weighted by Gasteiger charge is 2.37. The van der Waals surface area contributed by atoms with E-state index < -0.39 is 17.9 Å². The Kier molecular flexibility index (Phi) is 3.31. The van der Waals surface area contributed by atoms with Gasteiger partial charge in [-0.1, -0.05) is 18.2 Å². The first-order valence-electron chi connectivity index (χ1n) is 6.60. The maximum Gasteiger partial charge on any atom is 0.311 e. The summed E-state index contributed by atoms with van der Waals surface area (Å²) in [4.78, 5) is 23.4. The van der Waals surface area contributed by atoms with E-state index in [4.69, 9.17) is 9.84 Å². The van der Waals surface area contributed by atoms with Gasteiger partial charge < -0.3 is 20.5 Å². The first-order chi connectivity index (χ1) is 9.66. The summed E-state index contributed by atoms with van der Waals surface area (Å²) in [7, 11) is 0. The second-order valence-corrected chi connectivity index (χ2v) is 5.12. The Balaban J connectivity index is 1.70. The fraction of sp³-hybridized carbons (Fsp3) is 0.429. The third-order valence-corrected chi connectivity index (χ3v) is 3.87. The molecule has 0 aliphatic carbocycles. The molecule has 1 saturated heterocycles. The lowest BCUT2D eigenvalue weighted by molar-refractivity contribution is -0.142. The second kappa shape index (κ2) is 5.13. The molecule has 20 heavy (non-hydrogen) atoms. The van der Waals surface area contributed by atoms with Gasteiger partial charge in [0.1, 0.15) is 5.92 Å². The van der Waals surface area contributed by atoms with Crippen LogP contribution in [0.25, 0.3) is 0 Å². The van der Waals surface area contributed by atoms with Crippen LogP contribution < -0.4 is 10.6 Å². The molecular formula is C14H16N2O4. The van der Waals surface area contributed by atoms with Gasteiger partial charge in [0.15, 0.2) is 0 Å². The number of carboxylic acids is 1. The molecule has 1 aromatic carbocycles. The molecule has 0 aromatic heterocycles. The number of aliphatic carboxylic acids is 1. The van der Waals surface area contributed by atoms with Crippen molar-refractivity contribution in [3.05, 3.63) is 29.8 Å². The predicted molar refractivity (Wildman–Crippen MR) is 71.5 cm³/mol. The van der Waals surface area contributed by atoms with Gasteiger partial charge in [-0.2, -0.15) is 0 Å². The smallest absolute Gasteiger partial charge is 0.311 e. The van der Waals surface area contributed by atoms with Crippen LogP contribution in [0.2, 0.25) is 0 Å². The number of fused-ring (bicyclic) bond motifs is 1. The summed E-state index contributed by atoms with van der Waals surface area (Å²) in [6.45, 7) is 0.945. The summed E-state index contributed by atoms with van der Waals surface area (Å²) in [5.41, 5.74) is 1.92. The Morgan fingerprint density at radius 1 is 1.30 bits per heavy atom. The first kappa shape index (κ1) is 12.9. The molecule has 0 bridgehead atoms. The summed E-state index contributed by atoms with van der Waals surface area (Å²) in [6, 6.07) is 7.20. The van der Waals surface area contributed by atoms with Crippen LogP contribution in [0.4, 0.5) is 5.69 Å². The van der Waals surface area contributed by atoms with Crippen molar-refractivity contribution in [2.75, 3.05) is 25.1 Å². The van der Waals surface area contributed by atoms with E-state index in [0.29, 0.717) is 6.54 Å². The van der Waals surface area contributed by atoms with E-state index in [1.54, 1.807) is 0 Å². The third kappa shape index (κ3) is 2.22. The molecule has 1 aromatic rings. The summed E-state index contributed by atoms with van der Waals surface area (Å²) < 4.78 is 5.15. The van der Waals surface area contributed by atoms with Gasteiger partial charge in [0.2, 0.25) is 5.91 Å². The van der Waals surface area contributed by atoms with Gasteiger partial charge in [0.05, 0.1) is 25.2 Å². The number of para-hydroxylation sites is 1. The number of carbonyl (C=O) groups is 2. The van der Waals surface area contributed by atoms with Gasteiger partial charge in [-0.05, 0) is 11.6 Å². The highest BCUT2D eigenvalue weighted by atomic mass is 16.5. The number of ether oxygens (including phenoxy) is 1. The fourth-order valence-corrected chi connectivity index (χ4v) is 2.74. The molecule has 3 rings (SSSR count). The lowest BCUT2D eigenvalue weighted by Crippen LogP contribution is -2.44. The number of benzene rings is 1. The number of hydrogen-bond acceptors (Lipinski definition) is 4. The minimum atomic E-state index is -0.933. The van der Waals surface area contributed by atoms with E-state index in [2.05, 4.69) is 10.6 Å². The van der Waals surface area contributed by atoms with Crippen LogP contribution in [-0.2, 0) is 14.3 Å². The highest BCUT2D eigenvalue weighted by molar-refractivity contribution is 5.88. The lowest BCUT2D eigenvalue weighted by atomic mass is 9.98. The molecule has 1 amide bonds. The van der Waals surface area contributed by atoms with Crippen molar-refractivity contribution in [2.24, 2.45) is 5.92 Å². The zero-order valence-corrected chi connectivity index (χ0v) is 10.8. The van der Waals surface area contributed by atoms with Gasteiger partial charge >= 0.3 is 5.97 Å². The zero-order chi connectivity index (χ0) is 14.1. The molecule has 3 N–H and O–H groups in total. The summed E-state index contributed by atoms with van der Waals surface area (Å²) in [5, 5.41) is 15.1. The average molecular weight is 276 g/mol. The highest BCUT2D eigenvalue weighted by Crippen LogP contribution is 2.31. The molecule has 0 spiro atoms. The van der Waals surface area contributed by atoms with Crippen molar-refractivity contribution < 1.29 is 19.4 Å². The molecule has 3 unspecified atom stereocenters. The van der Waals surface area contributed by atoms with Gasteiger partial charge in [0.25, 0.3) is 0 Å². The van der Waals surface area contributed by atoms with E-state index >= 15 is 0 Å². The molecule has 3 atom stereocenters. The predicted octanol–water partition coefficient (Wildman–Crippen LogP) is 0.412. The number of carbonyl (C=O) groups excluding carboxylic acids is 1. The van der Waals surface area contributed by atoms with Gasteiger partial charge in [-0.15, -0.1) is 0 Å². The molecule has 0 saturated carbocycles. The van der Waals surface area contributed by atoms with Crippen LogP contribution in [0, 0.1) is 5.92 Å². The first-order valence-corrected chi connectivity index (χ1v) is 6.60. The Hall–Kier alpha value is -2.08. The number of nitrogens with one attached hydrogen (secondary N) is 2. The van der Waals surface area contributed by atoms with Crippen molar-refractivity contribution in [3.63, 3.8) is 0 Å². The topological polar surface area (TPSA) is 87.7 Å². The van der Waals surface area contributed by atoms with Crippen LogP contribution in [0.5, 0.6) is 0 Å². The van der Waals surface area contributed by atoms with E-state index in [-0.39, 0.29) is 25.0 Å². The van der Waals surface area contributed by atoms with Crippen LogP contribution in [-0.4, -0.2) is 42.8 Å². The molecule has 2 aliphatic rings. The Morgan fingerprint density at radius 3 is 2.90 bits per heavy atom. The Morgan fingerprint density at radius 2 is 2.10 bits per heavy atom. The molecule has 106 valence electrons. The molecular weight excluding hydrogens is 260 g/mol. The van der Waals surface area contributed by atoms with Crippen LogP contribution >= 0.6 is 0 Å². The Labute approximate surface area is 116 Å². The van der Waals surface area contributed by atoms with Crippen molar-refractivity contribution in [3.8, 4) is 0 Å². The SMILES string of the molecule is O=C(NC1COCC1C(=O)O)C1CNc2ccccc21. The molecule has 6 heteroatoms. The molecule has 1 fully saturated rings. The summed E-state index contributed by atoms with van der Waals surface area (Å²) in [5.74, 6) is -2.02. The Bertz CT molecular complexity index is 546. The minimum Gasteiger partial charge on any atom is -0.481 e. The fourth-order valence-electron chi connectivity index (χ4n) is 2.74. The molecule has 2 aliphatic heterocycles. The molecule has 6 nitrogen and oxygen atoms in total. The van der Waals surface area contributed by atoms with E-state index in [1.165, 1.54) is 0 Å². The average Bonchev–Trinajstić information content (AvgIpc) is 3.04. The van der Waals surface area contributed by atoms with Crippen LogP contribution in [0.3, 0.4) is 0 Å². The van der Waals surface area contributed by atoms with Gasteiger partial charge in [0, 0.05) is 12.2 Å². The van der Waals surface area contributed by atoms with Crippen molar-refractivity contribution in [1.82, 2.24) is 5.32 Å². The van der Waals surface area contributed by atoms with E-state index in [9.17, 15) is 9.59 Å². The third-order valence-electron chi connectivity index (χ3n) is 3.87. The monoisotopic (exact) mass is 276 g/mol. The largest absolute Gasteiger partial charge is 0.481 e. The molecule has 0 radical (unpaired) electrons. The number of rotatable bonds is 3. The van der Waals surface area contributed by atoms with Gasteiger partial charge in [-0.25, -0.2) is 0 Å². The normalized spacial score (nSPS) is 27.7. The maximum absolute atomic E-state index is 12.3. The van der Waals surface area contributed by atoms with E-state index in [0.717, 1.165) is 11.3 Å². The molecule has 2 heterocycles. The minimum absolute atomic E-state index is 0.149. The lowest BCUT2D eigenvalue weighted by Gasteiger charge is -2.18. The van der Waals surface area contributed by atoms with Crippen molar-refractivity contribution in [2.45, 2.75) is 12.0 Å². The van der Waals surface area contributed by atoms with Crippen LogP contribution in [0.1, 0.15) is 11.5 Å². The van der Waals surface area contributed by atoms with Gasteiger partial charge in [-0.3, -0.25) is 9.59 Å². The zero-order valence-electron chi connectivity index (χ0n) is 10.8. The summed E-state index contributed by atoms with van der Waals surface area (Å²) >= 11 is 0.